The van der Waals surface area contributed by atoms with Crippen molar-refractivity contribution in [2.24, 2.45) is 5.84 Å². The van der Waals surface area contributed by atoms with Crippen LogP contribution >= 0.6 is 31.9 Å². The van der Waals surface area contributed by atoms with Crippen molar-refractivity contribution >= 4 is 31.9 Å². The molecule has 0 aliphatic carbocycles. The molecule has 0 fully saturated rings. The first-order valence-electron chi connectivity index (χ1n) is 5.99. The van der Waals surface area contributed by atoms with Crippen LogP contribution < -0.4 is 11.3 Å². The van der Waals surface area contributed by atoms with E-state index in [1.165, 1.54) is 0 Å². The summed E-state index contributed by atoms with van der Waals surface area (Å²) in [6.45, 7) is 4.19. The SMILES string of the molecule is CC(C)n1ncc(Br)c1C(NN)c1ccc(Br)cc1. The molecule has 0 bridgehead atoms. The predicted octanol–water partition coefficient (Wildman–Crippen LogP) is 3.54. The number of hydrogen-bond acceptors (Lipinski definition) is 3. The third kappa shape index (κ3) is 3.08. The lowest BCUT2D eigenvalue weighted by molar-refractivity contribution is 0.475. The number of nitrogens with zero attached hydrogens (tertiary/aromatic N) is 2. The van der Waals surface area contributed by atoms with Gasteiger partial charge < -0.3 is 0 Å². The number of rotatable bonds is 4. The van der Waals surface area contributed by atoms with Crippen molar-refractivity contribution in [1.29, 1.82) is 0 Å². The summed E-state index contributed by atoms with van der Waals surface area (Å²) in [6.07, 6.45) is 1.80. The minimum absolute atomic E-state index is 0.104. The summed E-state index contributed by atoms with van der Waals surface area (Å²) in [4.78, 5) is 0. The van der Waals surface area contributed by atoms with E-state index in [-0.39, 0.29) is 12.1 Å². The molecule has 0 aliphatic heterocycles. The van der Waals surface area contributed by atoms with Crippen LogP contribution in [0.1, 0.15) is 37.2 Å². The molecule has 0 amide bonds. The fourth-order valence-corrected chi connectivity index (χ4v) is 2.79. The first-order valence-corrected chi connectivity index (χ1v) is 7.57. The standard InChI is InChI=1S/C13H16Br2N4/c1-8(2)19-13(11(15)7-17-19)12(18-16)9-3-5-10(14)6-4-9/h3-8,12,18H,16H2,1-2H3. The van der Waals surface area contributed by atoms with Gasteiger partial charge in [-0.05, 0) is 47.5 Å². The molecule has 0 radical (unpaired) electrons. The van der Waals surface area contributed by atoms with Gasteiger partial charge in [-0.3, -0.25) is 10.5 Å². The molecule has 1 unspecified atom stereocenters. The van der Waals surface area contributed by atoms with Crippen LogP contribution in [0, 0.1) is 0 Å². The Morgan fingerprint density at radius 3 is 2.37 bits per heavy atom. The van der Waals surface area contributed by atoms with Crippen molar-refractivity contribution < 1.29 is 0 Å². The van der Waals surface area contributed by atoms with Gasteiger partial charge in [-0.2, -0.15) is 5.10 Å². The van der Waals surface area contributed by atoms with Crippen LogP contribution in [-0.2, 0) is 0 Å². The Kier molecular flexibility index (Phi) is 4.78. The molecule has 4 nitrogen and oxygen atoms in total. The molecule has 6 heteroatoms. The van der Waals surface area contributed by atoms with Gasteiger partial charge in [-0.25, -0.2) is 5.43 Å². The molecule has 1 heterocycles. The summed E-state index contributed by atoms with van der Waals surface area (Å²) >= 11 is 6.99. The fraction of sp³-hybridized carbons (Fsp3) is 0.308. The Morgan fingerprint density at radius 1 is 1.21 bits per heavy atom. The van der Waals surface area contributed by atoms with Gasteiger partial charge in [0, 0.05) is 10.5 Å². The van der Waals surface area contributed by atoms with E-state index >= 15 is 0 Å². The van der Waals surface area contributed by atoms with Crippen LogP contribution in [0.4, 0.5) is 0 Å². The average Bonchev–Trinajstić information content (AvgIpc) is 2.75. The molecule has 0 saturated carbocycles. The van der Waals surface area contributed by atoms with E-state index in [1.54, 1.807) is 6.20 Å². The topological polar surface area (TPSA) is 55.9 Å². The first-order chi connectivity index (χ1) is 9.04. The molecule has 3 N–H and O–H groups in total. The van der Waals surface area contributed by atoms with Gasteiger partial charge in [0.25, 0.3) is 0 Å². The minimum Gasteiger partial charge on any atom is -0.271 e. The van der Waals surface area contributed by atoms with E-state index in [1.807, 2.05) is 28.9 Å². The van der Waals surface area contributed by atoms with Crippen molar-refractivity contribution in [1.82, 2.24) is 15.2 Å². The summed E-state index contributed by atoms with van der Waals surface area (Å²) in [5.41, 5.74) is 4.99. The van der Waals surface area contributed by atoms with E-state index in [0.717, 1.165) is 20.2 Å². The minimum atomic E-state index is -0.104. The Morgan fingerprint density at radius 2 is 1.84 bits per heavy atom. The van der Waals surface area contributed by atoms with Crippen LogP contribution in [0.25, 0.3) is 0 Å². The largest absolute Gasteiger partial charge is 0.271 e. The molecular formula is C13H16Br2N4. The second-order valence-corrected chi connectivity index (χ2v) is 6.34. The third-order valence-corrected chi connectivity index (χ3v) is 4.06. The van der Waals surface area contributed by atoms with Crippen molar-refractivity contribution in [3.63, 3.8) is 0 Å². The summed E-state index contributed by atoms with van der Waals surface area (Å²) in [5, 5.41) is 4.39. The number of benzene rings is 1. The van der Waals surface area contributed by atoms with Crippen molar-refractivity contribution in [3.8, 4) is 0 Å². The Balaban J connectivity index is 2.47. The number of halogens is 2. The molecule has 1 aromatic carbocycles. The highest BCUT2D eigenvalue weighted by Crippen LogP contribution is 2.30. The van der Waals surface area contributed by atoms with Crippen molar-refractivity contribution in [3.05, 3.63) is 50.7 Å². The molecule has 0 spiro atoms. The molecule has 0 aliphatic rings. The quantitative estimate of drug-likeness (QED) is 0.623. The average molecular weight is 388 g/mol. The van der Waals surface area contributed by atoms with Gasteiger partial charge in [-0.15, -0.1) is 0 Å². The van der Waals surface area contributed by atoms with Gasteiger partial charge in [0.05, 0.1) is 22.4 Å². The van der Waals surface area contributed by atoms with E-state index in [0.29, 0.717) is 0 Å². The first kappa shape index (κ1) is 14.7. The summed E-state index contributed by atoms with van der Waals surface area (Å²) in [6, 6.07) is 8.25. The van der Waals surface area contributed by atoms with Crippen LogP contribution in [0.15, 0.2) is 39.4 Å². The molecule has 2 rings (SSSR count). The second-order valence-electron chi connectivity index (χ2n) is 4.57. The molecule has 1 atom stereocenters. The van der Waals surface area contributed by atoms with Crippen molar-refractivity contribution in [2.45, 2.75) is 25.9 Å². The number of hydrazine groups is 1. The van der Waals surface area contributed by atoms with Crippen LogP contribution in [0.2, 0.25) is 0 Å². The lowest BCUT2D eigenvalue weighted by Crippen LogP contribution is -2.31. The second kappa shape index (κ2) is 6.17. The van der Waals surface area contributed by atoms with Gasteiger partial charge >= 0.3 is 0 Å². The number of nitrogens with one attached hydrogen (secondary N) is 1. The maximum atomic E-state index is 5.75. The third-order valence-electron chi connectivity index (χ3n) is 2.92. The molecule has 0 saturated heterocycles. The number of hydrogen-bond donors (Lipinski definition) is 2. The molecule has 102 valence electrons. The number of aromatic nitrogens is 2. The lowest BCUT2D eigenvalue weighted by Gasteiger charge is -2.20. The van der Waals surface area contributed by atoms with Gasteiger partial charge in [0.1, 0.15) is 0 Å². The normalized spacial score (nSPS) is 12.9. The van der Waals surface area contributed by atoms with Crippen LogP contribution in [0.3, 0.4) is 0 Å². The smallest absolute Gasteiger partial charge is 0.0889 e. The Bertz CT molecular complexity index is 548. The highest BCUT2D eigenvalue weighted by Gasteiger charge is 2.22. The monoisotopic (exact) mass is 386 g/mol. The van der Waals surface area contributed by atoms with E-state index in [9.17, 15) is 0 Å². The fourth-order valence-electron chi connectivity index (χ4n) is 2.02. The van der Waals surface area contributed by atoms with E-state index < -0.39 is 0 Å². The molecule has 19 heavy (non-hydrogen) atoms. The zero-order chi connectivity index (χ0) is 14.0. The highest BCUT2D eigenvalue weighted by molar-refractivity contribution is 9.10. The van der Waals surface area contributed by atoms with Crippen LogP contribution in [-0.4, -0.2) is 9.78 Å². The van der Waals surface area contributed by atoms with E-state index in [2.05, 4.69) is 56.2 Å². The van der Waals surface area contributed by atoms with Crippen molar-refractivity contribution in [2.75, 3.05) is 0 Å². The van der Waals surface area contributed by atoms with Crippen LogP contribution in [0.5, 0.6) is 0 Å². The Hall–Kier alpha value is -0.690. The maximum absolute atomic E-state index is 5.75. The maximum Gasteiger partial charge on any atom is 0.0889 e. The Labute approximate surface area is 129 Å². The zero-order valence-corrected chi connectivity index (χ0v) is 13.9. The van der Waals surface area contributed by atoms with Gasteiger partial charge in [0.15, 0.2) is 0 Å². The lowest BCUT2D eigenvalue weighted by atomic mass is 10.0. The van der Waals surface area contributed by atoms with Gasteiger partial charge in [-0.1, -0.05) is 28.1 Å². The number of nitrogens with two attached hydrogens (primary N) is 1. The molecular weight excluding hydrogens is 372 g/mol. The summed E-state index contributed by atoms with van der Waals surface area (Å²) in [7, 11) is 0. The summed E-state index contributed by atoms with van der Waals surface area (Å²) < 4.78 is 3.96. The predicted molar refractivity (Wildman–Crippen MR) is 83.6 cm³/mol. The molecule has 2 aromatic rings. The highest BCUT2D eigenvalue weighted by atomic mass is 79.9. The zero-order valence-electron chi connectivity index (χ0n) is 10.8. The summed E-state index contributed by atoms with van der Waals surface area (Å²) in [5.74, 6) is 5.75. The van der Waals surface area contributed by atoms with E-state index in [4.69, 9.17) is 5.84 Å². The molecule has 1 aromatic heterocycles. The van der Waals surface area contributed by atoms with Gasteiger partial charge in [0.2, 0.25) is 0 Å².